The molecule has 0 fully saturated rings. The maximum atomic E-state index is 12.3. The first-order chi connectivity index (χ1) is 9.58. The summed E-state index contributed by atoms with van der Waals surface area (Å²) in [6.07, 6.45) is 2.90. The Morgan fingerprint density at radius 2 is 2.30 bits per heavy atom. The van der Waals surface area contributed by atoms with Gasteiger partial charge in [0.2, 0.25) is 0 Å². The molecule has 5 heteroatoms. The molecule has 1 aliphatic heterocycles. The van der Waals surface area contributed by atoms with E-state index in [4.69, 9.17) is 4.74 Å². The Kier molecular flexibility index (Phi) is 3.38. The number of ether oxygens (including phenoxy) is 1. The van der Waals surface area contributed by atoms with Crippen molar-refractivity contribution in [2.75, 3.05) is 0 Å². The quantitative estimate of drug-likeness (QED) is 0.844. The van der Waals surface area contributed by atoms with E-state index in [2.05, 4.69) is 28.0 Å². The Balaban J connectivity index is 1.99. The maximum Gasteiger partial charge on any atom is 0.170 e. The van der Waals surface area contributed by atoms with Gasteiger partial charge in [-0.25, -0.2) is 0 Å². The Morgan fingerprint density at radius 1 is 1.50 bits per heavy atom. The second-order valence-corrected chi connectivity index (χ2v) is 5.85. The average molecular weight is 335 g/mol. The fourth-order valence-electron chi connectivity index (χ4n) is 2.57. The van der Waals surface area contributed by atoms with Crippen LogP contribution in [0.15, 0.2) is 28.9 Å². The van der Waals surface area contributed by atoms with Gasteiger partial charge in [0, 0.05) is 23.3 Å². The van der Waals surface area contributed by atoms with Crippen molar-refractivity contribution in [1.29, 1.82) is 0 Å². The smallest absolute Gasteiger partial charge is 0.170 e. The zero-order chi connectivity index (χ0) is 14.3. The summed E-state index contributed by atoms with van der Waals surface area (Å²) in [4.78, 5) is 12.3. The van der Waals surface area contributed by atoms with Gasteiger partial charge in [-0.1, -0.05) is 22.9 Å². The normalized spacial score (nSPS) is 17.8. The molecule has 0 aliphatic carbocycles. The lowest BCUT2D eigenvalue weighted by Crippen LogP contribution is -2.20. The second kappa shape index (κ2) is 5.05. The molecule has 0 saturated heterocycles. The van der Waals surface area contributed by atoms with Crippen LogP contribution in [0, 0.1) is 0 Å². The lowest BCUT2D eigenvalue weighted by Gasteiger charge is -2.25. The molecule has 0 N–H and O–H groups in total. The van der Waals surface area contributed by atoms with Crippen molar-refractivity contribution in [1.82, 2.24) is 9.78 Å². The van der Waals surface area contributed by atoms with Gasteiger partial charge in [-0.15, -0.1) is 0 Å². The van der Waals surface area contributed by atoms with Crippen LogP contribution >= 0.6 is 15.9 Å². The van der Waals surface area contributed by atoms with E-state index in [1.807, 2.05) is 31.4 Å². The molecule has 0 spiro atoms. The predicted octanol–water partition coefficient (Wildman–Crippen LogP) is 3.45. The molecule has 0 amide bonds. The molecule has 0 saturated carbocycles. The molecule has 104 valence electrons. The molecule has 2 heterocycles. The lowest BCUT2D eigenvalue weighted by molar-refractivity contribution is 0.0849. The topological polar surface area (TPSA) is 44.1 Å². The molecule has 1 aromatic carbocycles. The van der Waals surface area contributed by atoms with Crippen LogP contribution in [-0.2, 0) is 13.5 Å². The fourth-order valence-corrected chi connectivity index (χ4v) is 2.93. The van der Waals surface area contributed by atoms with E-state index in [1.54, 1.807) is 4.68 Å². The number of nitrogens with zero attached hydrogens (tertiary/aromatic N) is 2. The highest BCUT2D eigenvalue weighted by atomic mass is 79.9. The zero-order valence-corrected chi connectivity index (χ0v) is 13.0. The minimum Gasteiger partial charge on any atom is -0.484 e. The van der Waals surface area contributed by atoms with Crippen molar-refractivity contribution < 1.29 is 9.53 Å². The first kappa shape index (κ1) is 13.4. The number of Topliss-reactive ketones (excluding diaryl/α,β-unsaturated/α-hetero) is 1. The van der Waals surface area contributed by atoms with Crippen molar-refractivity contribution in [2.45, 2.75) is 25.9 Å². The van der Waals surface area contributed by atoms with Crippen LogP contribution in [0.5, 0.6) is 5.75 Å². The number of benzene rings is 1. The molecule has 0 radical (unpaired) electrons. The van der Waals surface area contributed by atoms with E-state index >= 15 is 0 Å². The summed E-state index contributed by atoms with van der Waals surface area (Å²) in [5.41, 5.74) is 2.65. The minimum absolute atomic E-state index is 0.114. The van der Waals surface area contributed by atoms with E-state index in [1.165, 1.54) is 0 Å². The zero-order valence-electron chi connectivity index (χ0n) is 11.4. The van der Waals surface area contributed by atoms with Crippen LogP contribution in [-0.4, -0.2) is 15.6 Å². The number of aromatic nitrogens is 2. The van der Waals surface area contributed by atoms with Crippen LogP contribution in [0.2, 0.25) is 0 Å². The van der Waals surface area contributed by atoms with Crippen molar-refractivity contribution in [3.8, 4) is 5.75 Å². The highest BCUT2D eigenvalue weighted by Crippen LogP contribution is 2.37. The van der Waals surface area contributed by atoms with Crippen molar-refractivity contribution in [3.63, 3.8) is 0 Å². The average Bonchev–Trinajstić information content (AvgIpc) is 2.80. The highest BCUT2D eigenvalue weighted by Gasteiger charge is 2.30. The van der Waals surface area contributed by atoms with Gasteiger partial charge in [-0.05, 0) is 24.6 Å². The monoisotopic (exact) mass is 334 g/mol. The molecule has 0 bridgehead atoms. The number of halogens is 1. The van der Waals surface area contributed by atoms with Crippen molar-refractivity contribution in [2.24, 2.45) is 7.05 Å². The van der Waals surface area contributed by atoms with Crippen molar-refractivity contribution in [3.05, 3.63) is 45.7 Å². The van der Waals surface area contributed by atoms with Crippen LogP contribution in [0.25, 0.3) is 0 Å². The van der Waals surface area contributed by atoms with E-state index in [9.17, 15) is 4.79 Å². The van der Waals surface area contributed by atoms with E-state index in [-0.39, 0.29) is 11.9 Å². The van der Waals surface area contributed by atoms with Gasteiger partial charge in [0.05, 0.1) is 17.7 Å². The number of aryl methyl sites for hydroxylation is 2. The summed E-state index contributed by atoms with van der Waals surface area (Å²) in [6.45, 7) is 2.06. The Labute approximate surface area is 125 Å². The molecular formula is C15H15BrN2O2. The Morgan fingerprint density at radius 3 is 3.05 bits per heavy atom. The van der Waals surface area contributed by atoms with Crippen LogP contribution in [0.1, 0.15) is 41.1 Å². The summed E-state index contributed by atoms with van der Waals surface area (Å²) >= 11 is 3.38. The van der Waals surface area contributed by atoms with E-state index in [0.29, 0.717) is 17.7 Å². The Bertz CT molecular complexity index is 679. The lowest BCUT2D eigenvalue weighted by atomic mass is 9.96. The standard InChI is InChI=1S/C15H15BrN2O2/c1-3-12-11(8-18(2)17-12)15-7-13(19)10-6-9(16)4-5-14(10)20-15/h4-6,8,15H,3,7H2,1-2H3. The molecule has 1 atom stereocenters. The SMILES string of the molecule is CCc1nn(C)cc1C1CC(=O)c2cc(Br)ccc2O1. The molecule has 1 aromatic heterocycles. The second-order valence-electron chi connectivity index (χ2n) is 4.93. The third-order valence-corrected chi connectivity index (χ3v) is 3.99. The van der Waals surface area contributed by atoms with Gasteiger partial charge in [0.15, 0.2) is 5.78 Å². The molecule has 3 rings (SSSR count). The van der Waals surface area contributed by atoms with Crippen LogP contribution in [0.3, 0.4) is 0 Å². The summed E-state index contributed by atoms with van der Waals surface area (Å²) in [6, 6.07) is 5.54. The number of carbonyl (C=O) groups excluding carboxylic acids is 1. The van der Waals surface area contributed by atoms with Crippen LogP contribution in [0.4, 0.5) is 0 Å². The maximum absolute atomic E-state index is 12.3. The number of hydrogen-bond acceptors (Lipinski definition) is 3. The summed E-state index contributed by atoms with van der Waals surface area (Å²) in [5, 5.41) is 4.42. The number of hydrogen-bond donors (Lipinski definition) is 0. The first-order valence-corrected chi connectivity index (χ1v) is 7.39. The highest BCUT2D eigenvalue weighted by molar-refractivity contribution is 9.10. The van der Waals surface area contributed by atoms with Gasteiger partial charge >= 0.3 is 0 Å². The van der Waals surface area contributed by atoms with Gasteiger partial charge in [-0.3, -0.25) is 9.48 Å². The number of carbonyl (C=O) groups is 1. The van der Waals surface area contributed by atoms with Gasteiger partial charge < -0.3 is 4.74 Å². The summed E-state index contributed by atoms with van der Waals surface area (Å²) < 4.78 is 8.67. The molecular weight excluding hydrogens is 320 g/mol. The van der Waals surface area contributed by atoms with Gasteiger partial charge in [-0.2, -0.15) is 5.10 Å². The minimum atomic E-state index is -0.236. The largest absolute Gasteiger partial charge is 0.484 e. The van der Waals surface area contributed by atoms with Gasteiger partial charge in [0.1, 0.15) is 11.9 Å². The Hall–Kier alpha value is -1.62. The summed E-state index contributed by atoms with van der Waals surface area (Å²) in [7, 11) is 1.89. The summed E-state index contributed by atoms with van der Waals surface area (Å²) in [5.74, 6) is 0.767. The number of rotatable bonds is 2. The third-order valence-electron chi connectivity index (χ3n) is 3.50. The molecule has 4 nitrogen and oxygen atoms in total. The van der Waals surface area contributed by atoms with E-state index < -0.39 is 0 Å². The number of ketones is 1. The molecule has 1 unspecified atom stereocenters. The van der Waals surface area contributed by atoms with Crippen LogP contribution < -0.4 is 4.74 Å². The van der Waals surface area contributed by atoms with Gasteiger partial charge in [0.25, 0.3) is 0 Å². The third kappa shape index (κ3) is 2.26. The number of fused-ring (bicyclic) bond motifs is 1. The first-order valence-electron chi connectivity index (χ1n) is 6.60. The van der Waals surface area contributed by atoms with Crippen molar-refractivity contribution >= 4 is 21.7 Å². The molecule has 2 aromatic rings. The van der Waals surface area contributed by atoms with E-state index in [0.717, 1.165) is 22.2 Å². The molecule has 1 aliphatic rings. The fraction of sp³-hybridized carbons (Fsp3) is 0.333. The molecule has 20 heavy (non-hydrogen) atoms. The predicted molar refractivity (Wildman–Crippen MR) is 79.0 cm³/mol.